The number of amides is 2. The third kappa shape index (κ3) is 4.72. The summed E-state index contributed by atoms with van der Waals surface area (Å²) < 4.78 is 40.5. The number of carbonyl (C=O) groups is 2. The lowest BCUT2D eigenvalue weighted by Gasteiger charge is -2.15. The van der Waals surface area contributed by atoms with E-state index in [-0.39, 0.29) is 15.3 Å². The van der Waals surface area contributed by atoms with Gasteiger partial charge in [0.25, 0.3) is 11.8 Å². The molecule has 3 aromatic rings. The highest BCUT2D eigenvalue weighted by Gasteiger charge is 2.31. The summed E-state index contributed by atoms with van der Waals surface area (Å²) in [7, 11) is -3.73. The highest BCUT2D eigenvalue weighted by atomic mass is 32.2. The number of halogens is 1. The lowest BCUT2D eigenvalue weighted by atomic mass is 10.1. The zero-order valence-electron chi connectivity index (χ0n) is 16.9. The first-order valence-corrected chi connectivity index (χ1v) is 12.2. The molecule has 0 radical (unpaired) electrons. The Kier molecular flexibility index (Phi) is 6.35. The third-order valence-electron chi connectivity index (χ3n) is 4.98. The lowest BCUT2D eigenvalue weighted by molar-refractivity contribution is 0.101. The molecule has 0 bridgehead atoms. The van der Waals surface area contributed by atoms with Crippen LogP contribution in [-0.2, 0) is 10.0 Å². The van der Waals surface area contributed by atoms with Crippen LogP contribution in [0, 0.1) is 5.82 Å². The smallest absolute Gasteiger partial charge is 0.267 e. The van der Waals surface area contributed by atoms with Crippen LogP contribution in [0.1, 0.15) is 32.9 Å². The Hall–Kier alpha value is -3.08. The molecule has 1 fully saturated rings. The molecule has 0 saturated carbocycles. The molecular formula is C22H20FN3O4S2. The Bertz CT molecular complexity index is 1270. The van der Waals surface area contributed by atoms with E-state index in [1.165, 1.54) is 34.6 Å². The molecule has 1 aromatic heterocycles. The zero-order valence-corrected chi connectivity index (χ0v) is 18.5. The van der Waals surface area contributed by atoms with Crippen LogP contribution in [0.3, 0.4) is 0 Å². The van der Waals surface area contributed by atoms with Gasteiger partial charge in [-0.1, -0.05) is 12.1 Å². The Balaban J connectivity index is 1.50. The first-order valence-electron chi connectivity index (χ1n) is 9.90. The molecule has 1 aliphatic heterocycles. The first-order chi connectivity index (χ1) is 15.3. The molecule has 32 heavy (non-hydrogen) atoms. The van der Waals surface area contributed by atoms with Crippen molar-refractivity contribution in [1.82, 2.24) is 4.31 Å². The summed E-state index contributed by atoms with van der Waals surface area (Å²) in [6.07, 6.45) is 1.60. The van der Waals surface area contributed by atoms with Crippen LogP contribution >= 0.6 is 11.3 Å². The minimum atomic E-state index is -3.73. The summed E-state index contributed by atoms with van der Waals surface area (Å²) in [4.78, 5) is 25.4. The molecule has 1 saturated heterocycles. The van der Waals surface area contributed by atoms with Crippen molar-refractivity contribution in [2.45, 2.75) is 17.7 Å². The Morgan fingerprint density at radius 2 is 1.56 bits per heavy atom. The highest BCUT2D eigenvalue weighted by molar-refractivity contribution is 7.89. The minimum Gasteiger partial charge on any atom is -0.322 e. The average molecular weight is 474 g/mol. The second-order valence-corrected chi connectivity index (χ2v) is 10.0. The number of anilines is 2. The Morgan fingerprint density at radius 3 is 2.28 bits per heavy atom. The van der Waals surface area contributed by atoms with Gasteiger partial charge in [0.2, 0.25) is 10.0 Å². The second kappa shape index (κ2) is 9.19. The molecule has 0 aliphatic carbocycles. The summed E-state index contributed by atoms with van der Waals surface area (Å²) in [5, 5.41) is 6.83. The van der Waals surface area contributed by atoms with Gasteiger partial charge < -0.3 is 10.6 Å². The molecule has 4 rings (SSSR count). The zero-order chi connectivity index (χ0) is 22.7. The number of nitrogens with zero attached hydrogens (tertiary/aromatic N) is 1. The normalized spacial score (nSPS) is 14.3. The standard InChI is InChI=1S/C22H20FN3O4S2/c23-16-6-4-8-18(14-16)24-21(27)15-5-3-7-17(13-15)25-22(28)20-19(9-12-31-20)32(29,30)26-10-1-2-11-26/h3-9,12-14H,1-2,10-11H2,(H,24,27)(H,25,28). The van der Waals surface area contributed by atoms with E-state index < -0.39 is 27.7 Å². The van der Waals surface area contributed by atoms with Crippen molar-refractivity contribution in [3.8, 4) is 0 Å². The Morgan fingerprint density at radius 1 is 0.906 bits per heavy atom. The molecule has 2 N–H and O–H groups in total. The number of rotatable bonds is 6. The number of hydrogen-bond donors (Lipinski definition) is 2. The van der Waals surface area contributed by atoms with Crippen molar-refractivity contribution in [2.24, 2.45) is 0 Å². The summed E-state index contributed by atoms with van der Waals surface area (Å²) in [5.74, 6) is -1.51. The van der Waals surface area contributed by atoms with E-state index >= 15 is 0 Å². The number of hydrogen-bond acceptors (Lipinski definition) is 5. The molecular weight excluding hydrogens is 453 g/mol. The van der Waals surface area contributed by atoms with Crippen LogP contribution in [0.4, 0.5) is 15.8 Å². The lowest BCUT2D eigenvalue weighted by Crippen LogP contribution is -2.29. The quantitative estimate of drug-likeness (QED) is 0.562. The van der Waals surface area contributed by atoms with E-state index in [9.17, 15) is 22.4 Å². The van der Waals surface area contributed by atoms with Gasteiger partial charge >= 0.3 is 0 Å². The van der Waals surface area contributed by atoms with Gasteiger partial charge in [-0.3, -0.25) is 9.59 Å². The van der Waals surface area contributed by atoms with Crippen LogP contribution in [-0.4, -0.2) is 37.6 Å². The van der Waals surface area contributed by atoms with Crippen LogP contribution in [0.5, 0.6) is 0 Å². The van der Waals surface area contributed by atoms with E-state index in [4.69, 9.17) is 0 Å². The van der Waals surface area contributed by atoms with E-state index in [1.807, 2.05) is 0 Å². The maximum atomic E-state index is 13.3. The molecule has 0 atom stereocenters. The van der Waals surface area contributed by atoms with E-state index in [0.29, 0.717) is 24.5 Å². The number of nitrogens with one attached hydrogen (secondary N) is 2. The van der Waals surface area contributed by atoms with Gasteiger partial charge in [0, 0.05) is 30.0 Å². The van der Waals surface area contributed by atoms with Crippen molar-refractivity contribution in [1.29, 1.82) is 0 Å². The van der Waals surface area contributed by atoms with Gasteiger partial charge in [0.05, 0.1) is 0 Å². The van der Waals surface area contributed by atoms with Crippen molar-refractivity contribution < 1.29 is 22.4 Å². The van der Waals surface area contributed by atoms with Crippen LogP contribution in [0.15, 0.2) is 64.9 Å². The molecule has 7 nitrogen and oxygen atoms in total. The van der Waals surface area contributed by atoms with Crippen molar-refractivity contribution in [3.63, 3.8) is 0 Å². The Labute approximate surface area is 188 Å². The first kappa shape index (κ1) is 22.1. The second-order valence-electron chi connectivity index (χ2n) is 7.22. The van der Waals surface area contributed by atoms with E-state index in [2.05, 4.69) is 10.6 Å². The van der Waals surface area contributed by atoms with Gasteiger partial charge in [-0.2, -0.15) is 4.31 Å². The van der Waals surface area contributed by atoms with Crippen LogP contribution in [0.2, 0.25) is 0 Å². The largest absolute Gasteiger partial charge is 0.322 e. The van der Waals surface area contributed by atoms with Gasteiger partial charge in [-0.05, 0) is 60.7 Å². The number of thiophene rings is 1. The predicted octanol–water partition coefficient (Wildman–Crippen LogP) is 4.18. The van der Waals surface area contributed by atoms with Crippen LogP contribution < -0.4 is 10.6 Å². The summed E-state index contributed by atoms with van der Waals surface area (Å²) >= 11 is 1.04. The fraction of sp³-hybridized carbons (Fsp3) is 0.182. The maximum Gasteiger partial charge on any atom is 0.267 e. The molecule has 2 aromatic carbocycles. The van der Waals surface area contributed by atoms with Gasteiger partial charge in [-0.25, -0.2) is 12.8 Å². The highest BCUT2D eigenvalue weighted by Crippen LogP contribution is 2.28. The monoisotopic (exact) mass is 473 g/mol. The predicted molar refractivity (Wildman–Crippen MR) is 121 cm³/mol. The van der Waals surface area contributed by atoms with E-state index in [1.54, 1.807) is 29.6 Å². The topological polar surface area (TPSA) is 95.6 Å². The number of carbonyl (C=O) groups excluding carboxylic acids is 2. The summed E-state index contributed by atoms with van der Waals surface area (Å²) in [6.45, 7) is 0.892. The van der Waals surface area contributed by atoms with Gasteiger partial charge in [0.15, 0.2) is 0 Å². The fourth-order valence-corrected chi connectivity index (χ4v) is 6.24. The molecule has 2 amide bonds. The minimum absolute atomic E-state index is 0.0121. The average Bonchev–Trinajstić information content (AvgIpc) is 3.47. The SMILES string of the molecule is O=C(Nc1cccc(F)c1)c1cccc(NC(=O)c2sccc2S(=O)(=O)N2CCCC2)c1. The fourth-order valence-electron chi connectivity index (χ4n) is 3.43. The van der Waals surface area contributed by atoms with Gasteiger partial charge in [0.1, 0.15) is 15.6 Å². The summed E-state index contributed by atoms with van der Waals surface area (Å²) in [6, 6.07) is 13.2. The number of benzene rings is 2. The molecule has 166 valence electrons. The summed E-state index contributed by atoms with van der Waals surface area (Å²) in [5.41, 5.74) is 0.891. The molecule has 0 unspecified atom stereocenters. The van der Waals surface area contributed by atoms with Crippen molar-refractivity contribution in [3.05, 3.63) is 76.2 Å². The van der Waals surface area contributed by atoms with E-state index in [0.717, 1.165) is 24.2 Å². The van der Waals surface area contributed by atoms with Crippen molar-refractivity contribution in [2.75, 3.05) is 23.7 Å². The molecule has 0 spiro atoms. The maximum absolute atomic E-state index is 13.3. The van der Waals surface area contributed by atoms with Crippen LogP contribution in [0.25, 0.3) is 0 Å². The molecule has 2 heterocycles. The number of sulfonamides is 1. The third-order valence-corrected chi connectivity index (χ3v) is 7.97. The van der Waals surface area contributed by atoms with Gasteiger partial charge in [-0.15, -0.1) is 11.3 Å². The molecule has 1 aliphatic rings. The van der Waals surface area contributed by atoms with Crippen molar-refractivity contribution >= 4 is 44.5 Å². The molecule has 10 heteroatoms.